The lowest BCUT2D eigenvalue weighted by Crippen LogP contribution is -2.60. The van der Waals surface area contributed by atoms with Crippen LogP contribution >= 0.6 is 11.8 Å². The highest BCUT2D eigenvalue weighted by Gasteiger charge is 2.34. The van der Waals surface area contributed by atoms with Crippen LogP contribution in [0.5, 0.6) is 0 Å². The molecule has 1 aromatic carbocycles. The minimum Gasteiger partial charge on any atom is -0.353 e. The van der Waals surface area contributed by atoms with Gasteiger partial charge in [-0.1, -0.05) is 30.3 Å². The van der Waals surface area contributed by atoms with Gasteiger partial charge in [0.2, 0.25) is 11.8 Å². The maximum Gasteiger partial charge on any atom is 0.242 e. The van der Waals surface area contributed by atoms with Crippen molar-refractivity contribution in [1.29, 1.82) is 0 Å². The molecule has 1 heterocycles. The largest absolute Gasteiger partial charge is 0.353 e. The summed E-state index contributed by atoms with van der Waals surface area (Å²) in [4.78, 5) is 26.3. The Morgan fingerprint density at radius 3 is 2.86 bits per heavy atom. The van der Waals surface area contributed by atoms with Gasteiger partial charge in [0.1, 0.15) is 6.04 Å². The Kier molecular flexibility index (Phi) is 6.27. The van der Waals surface area contributed by atoms with E-state index in [1.54, 1.807) is 16.7 Å². The molecule has 5 nitrogen and oxygen atoms in total. The molecule has 0 aromatic heterocycles. The highest BCUT2D eigenvalue weighted by Crippen LogP contribution is 2.14. The molecule has 0 bridgehead atoms. The van der Waals surface area contributed by atoms with Crippen molar-refractivity contribution in [3.05, 3.63) is 35.9 Å². The zero-order chi connectivity index (χ0) is 15.9. The van der Waals surface area contributed by atoms with Crippen molar-refractivity contribution in [3.8, 4) is 0 Å². The fourth-order valence-corrected chi connectivity index (χ4v) is 3.12. The molecular formula is C16H23N3O2S. The molecular weight excluding hydrogens is 298 g/mol. The Hall–Kier alpha value is -1.53. The smallest absolute Gasteiger partial charge is 0.242 e. The van der Waals surface area contributed by atoms with Gasteiger partial charge in [-0.25, -0.2) is 0 Å². The Bertz CT molecular complexity index is 509. The van der Waals surface area contributed by atoms with Gasteiger partial charge in [-0.15, -0.1) is 0 Å². The lowest BCUT2D eigenvalue weighted by atomic mass is 10.0. The average molecular weight is 321 g/mol. The van der Waals surface area contributed by atoms with Crippen LogP contribution in [0.1, 0.15) is 12.0 Å². The molecule has 1 fully saturated rings. The summed E-state index contributed by atoms with van der Waals surface area (Å²) in [6.45, 7) is 1.03. The van der Waals surface area contributed by atoms with Crippen LogP contribution < -0.4 is 11.1 Å². The molecule has 0 aliphatic carbocycles. The second kappa shape index (κ2) is 8.19. The highest BCUT2D eigenvalue weighted by molar-refractivity contribution is 7.98. The SMILES string of the molecule is CSCC[C@H]1C(=O)NCCN1C(=O)[C@@H](N)Cc1ccccc1. The second-order valence-corrected chi connectivity index (χ2v) is 6.40. The van der Waals surface area contributed by atoms with Crippen molar-refractivity contribution >= 4 is 23.6 Å². The number of hydrogen-bond acceptors (Lipinski definition) is 4. The molecule has 120 valence electrons. The number of benzene rings is 1. The van der Waals surface area contributed by atoms with Crippen LogP contribution in [0.15, 0.2) is 30.3 Å². The standard InChI is InChI=1S/C16H23N3O2S/c1-22-10-7-14-15(20)18-8-9-19(14)16(21)13(17)11-12-5-3-2-4-6-12/h2-6,13-14H,7-11,17H2,1H3,(H,18,20)/t13-,14-/m0/s1. The second-order valence-electron chi connectivity index (χ2n) is 5.42. The van der Waals surface area contributed by atoms with Crippen LogP contribution in [-0.4, -0.2) is 53.9 Å². The first-order valence-corrected chi connectivity index (χ1v) is 8.89. The molecule has 2 amide bonds. The quantitative estimate of drug-likeness (QED) is 0.806. The third-order valence-corrected chi connectivity index (χ3v) is 4.47. The number of carbonyl (C=O) groups excluding carboxylic acids is 2. The molecule has 0 unspecified atom stereocenters. The zero-order valence-corrected chi connectivity index (χ0v) is 13.6. The van der Waals surface area contributed by atoms with Gasteiger partial charge in [0.15, 0.2) is 0 Å². The van der Waals surface area contributed by atoms with E-state index in [0.29, 0.717) is 25.9 Å². The molecule has 6 heteroatoms. The van der Waals surface area contributed by atoms with Crippen LogP contribution in [0.2, 0.25) is 0 Å². The van der Waals surface area contributed by atoms with Gasteiger partial charge in [-0.05, 0) is 30.4 Å². The number of hydrogen-bond donors (Lipinski definition) is 2. The maximum absolute atomic E-state index is 12.6. The fourth-order valence-electron chi connectivity index (χ4n) is 2.66. The van der Waals surface area contributed by atoms with E-state index in [1.165, 1.54) is 0 Å². The highest BCUT2D eigenvalue weighted by atomic mass is 32.2. The fraction of sp³-hybridized carbons (Fsp3) is 0.500. The summed E-state index contributed by atoms with van der Waals surface area (Å²) in [5.41, 5.74) is 7.12. The van der Waals surface area contributed by atoms with E-state index in [0.717, 1.165) is 11.3 Å². The predicted octanol–water partition coefficient (Wildman–Crippen LogP) is 0.637. The van der Waals surface area contributed by atoms with E-state index in [2.05, 4.69) is 5.32 Å². The van der Waals surface area contributed by atoms with E-state index in [9.17, 15) is 9.59 Å². The van der Waals surface area contributed by atoms with Gasteiger partial charge in [0, 0.05) is 13.1 Å². The Labute approximate surface area is 135 Å². The van der Waals surface area contributed by atoms with Crippen LogP contribution in [0.4, 0.5) is 0 Å². The maximum atomic E-state index is 12.6. The van der Waals surface area contributed by atoms with Crippen molar-refractivity contribution in [2.45, 2.75) is 24.9 Å². The summed E-state index contributed by atoms with van der Waals surface area (Å²) in [6, 6.07) is 8.72. The number of nitrogens with two attached hydrogens (primary N) is 1. The summed E-state index contributed by atoms with van der Waals surface area (Å²) in [5.74, 6) is 0.640. The number of thioether (sulfide) groups is 1. The van der Waals surface area contributed by atoms with Crippen molar-refractivity contribution in [3.63, 3.8) is 0 Å². The molecule has 1 saturated heterocycles. The number of amides is 2. The topological polar surface area (TPSA) is 75.4 Å². The van der Waals surface area contributed by atoms with Crippen molar-refractivity contribution < 1.29 is 9.59 Å². The molecule has 1 aromatic rings. The number of nitrogens with one attached hydrogen (secondary N) is 1. The Morgan fingerprint density at radius 1 is 1.45 bits per heavy atom. The van der Waals surface area contributed by atoms with Gasteiger partial charge in [-0.2, -0.15) is 11.8 Å². The van der Waals surface area contributed by atoms with Gasteiger partial charge in [0.05, 0.1) is 6.04 Å². The van der Waals surface area contributed by atoms with E-state index in [-0.39, 0.29) is 11.8 Å². The molecule has 0 spiro atoms. The summed E-state index contributed by atoms with van der Waals surface area (Å²) < 4.78 is 0. The first-order valence-electron chi connectivity index (χ1n) is 7.50. The van der Waals surface area contributed by atoms with E-state index in [4.69, 9.17) is 5.73 Å². The molecule has 2 rings (SSSR count). The third-order valence-electron chi connectivity index (χ3n) is 3.82. The predicted molar refractivity (Wildman–Crippen MR) is 89.6 cm³/mol. The monoisotopic (exact) mass is 321 g/mol. The van der Waals surface area contributed by atoms with Crippen LogP contribution in [0.3, 0.4) is 0 Å². The number of rotatable bonds is 6. The molecule has 2 atom stereocenters. The van der Waals surface area contributed by atoms with Crippen molar-refractivity contribution in [1.82, 2.24) is 10.2 Å². The van der Waals surface area contributed by atoms with Crippen molar-refractivity contribution in [2.24, 2.45) is 5.73 Å². The van der Waals surface area contributed by atoms with Crippen LogP contribution in [0.25, 0.3) is 0 Å². The number of carbonyl (C=O) groups is 2. The van der Waals surface area contributed by atoms with E-state index >= 15 is 0 Å². The normalized spacial score (nSPS) is 19.6. The molecule has 1 aliphatic rings. The van der Waals surface area contributed by atoms with Crippen LogP contribution in [0, 0.1) is 0 Å². The van der Waals surface area contributed by atoms with E-state index < -0.39 is 12.1 Å². The minimum atomic E-state index is -0.606. The van der Waals surface area contributed by atoms with Gasteiger partial charge in [-0.3, -0.25) is 9.59 Å². The Morgan fingerprint density at radius 2 is 2.18 bits per heavy atom. The summed E-state index contributed by atoms with van der Waals surface area (Å²) in [6.07, 6.45) is 3.15. The van der Waals surface area contributed by atoms with Gasteiger partial charge >= 0.3 is 0 Å². The zero-order valence-electron chi connectivity index (χ0n) is 12.8. The Balaban J connectivity index is 2.03. The molecule has 22 heavy (non-hydrogen) atoms. The molecule has 0 saturated carbocycles. The van der Waals surface area contributed by atoms with Gasteiger partial charge in [0.25, 0.3) is 0 Å². The third kappa shape index (κ3) is 4.24. The molecule has 1 aliphatic heterocycles. The summed E-state index contributed by atoms with van der Waals surface area (Å²) in [7, 11) is 0. The molecule has 3 N–H and O–H groups in total. The first-order chi connectivity index (χ1) is 10.6. The molecule has 0 radical (unpaired) electrons. The van der Waals surface area contributed by atoms with E-state index in [1.807, 2.05) is 36.6 Å². The first kappa shape index (κ1) is 16.8. The lowest BCUT2D eigenvalue weighted by molar-refractivity contribution is -0.144. The van der Waals surface area contributed by atoms with Crippen molar-refractivity contribution in [2.75, 3.05) is 25.1 Å². The minimum absolute atomic E-state index is 0.0689. The average Bonchev–Trinajstić information content (AvgIpc) is 2.53. The number of nitrogens with zero attached hydrogens (tertiary/aromatic N) is 1. The summed E-state index contributed by atoms with van der Waals surface area (Å²) in [5, 5.41) is 2.83. The van der Waals surface area contributed by atoms with Gasteiger partial charge < -0.3 is 16.0 Å². The number of piperazine rings is 1. The van der Waals surface area contributed by atoms with Crippen LogP contribution in [-0.2, 0) is 16.0 Å². The lowest BCUT2D eigenvalue weighted by Gasteiger charge is -2.36. The summed E-state index contributed by atoms with van der Waals surface area (Å²) >= 11 is 1.67.